The van der Waals surface area contributed by atoms with Crippen molar-refractivity contribution in [3.8, 4) is 6.07 Å². The SMILES string of the molecule is CC(C)N(CCC#N)C(=O)CN(C)c1ccccc1. The van der Waals surface area contributed by atoms with Crippen molar-refractivity contribution in [1.82, 2.24) is 4.90 Å². The normalized spacial score (nSPS) is 10.1. The number of hydrogen-bond donors (Lipinski definition) is 0. The van der Waals surface area contributed by atoms with E-state index >= 15 is 0 Å². The second kappa shape index (κ2) is 7.42. The maximum atomic E-state index is 12.2. The summed E-state index contributed by atoms with van der Waals surface area (Å²) in [6.07, 6.45) is 0.374. The molecule has 0 unspecified atom stereocenters. The van der Waals surface area contributed by atoms with E-state index in [0.29, 0.717) is 19.5 Å². The molecule has 0 aromatic heterocycles. The van der Waals surface area contributed by atoms with Crippen LogP contribution in [0.1, 0.15) is 20.3 Å². The number of likely N-dealkylation sites (N-methyl/N-ethyl adjacent to an activating group) is 1. The molecule has 0 radical (unpaired) electrons. The summed E-state index contributed by atoms with van der Waals surface area (Å²) >= 11 is 0. The number of carbonyl (C=O) groups excluding carboxylic acids is 1. The molecule has 19 heavy (non-hydrogen) atoms. The van der Waals surface area contributed by atoms with Crippen molar-refractivity contribution in [3.63, 3.8) is 0 Å². The van der Waals surface area contributed by atoms with Crippen LogP contribution in [0.25, 0.3) is 0 Å². The smallest absolute Gasteiger partial charge is 0.242 e. The highest BCUT2D eigenvalue weighted by molar-refractivity contribution is 5.81. The number of rotatable bonds is 6. The lowest BCUT2D eigenvalue weighted by atomic mass is 10.2. The first-order chi connectivity index (χ1) is 9.06. The highest BCUT2D eigenvalue weighted by atomic mass is 16.2. The van der Waals surface area contributed by atoms with E-state index in [4.69, 9.17) is 5.26 Å². The molecule has 1 aromatic rings. The lowest BCUT2D eigenvalue weighted by Crippen LogP contribution is -2.43. The number of carbonyl (C=O) groups is 1. The first kappa shape index (κ1) is 15.0. The number of anilines is 1. The van der Waals surface area contributed by atoms with Gasteiger partial charge < -0.3 is 9.80 Å². The van der Waals surface area contributed by atoms with Crippen LogP contribution in [-0.4, -0.2) is 37.0 Å². The van der Waals surface area contributed by atoms with E-state index in [0.717, 1.165) is 5.69 Å². The number of nitriles is 1. The van der Waals surface area contributed by atoms with E-state index in [1.54, 1.807) is 4.90 Å². The molecule has 0 aliphatic carbocycles. The van der Waals surface area contributed by atoms with Crippen LogP contribution in [0.3, 0.4) is 0 Å². The van der Waals surface area contributed by atoms with E-state index in [1.165, 1.54) is 0 Å². The molecular formula is C15H21N3O. The molecule has 0 N–H and O–H groups in total. The maximum absolute atomic E-state index is 12.2. The summed E-state index contributed by atoms with van der Waals surface area (Å²) in [4.78, 5) is 15.9. The molecule has 0 saturated heterocycles. The molecule has 0 heterocycles. The first-order valence-corrected chi connectivity index (χ1v) is 6.49. The second-order valence-electron chi connectivity index (χ2n) is 4.78. The maximum Gasteiger partial charge on any atom is 0.242 e. The van der Waals surface area contributed by atoms with Crippen molar-refractivity contribution in [2.45, 2.75) is 26.3 Å². The third-order valence-corrected chi connectivity index (χ3v) is 2.98. The van der Waals surface area contributed by atoms with Gasteiger partial charge in [0, 0.05) is 25.3 Å². The lowest BCUT2D eigenvalue weighted by Gasteiger charge is -2.28. The third kappa shape index (κ3) is 4.63. The summed E-state index contributed by atoms with van der Waals surface area (Å²) in [6.45, 7) is 4.76. The molecule has 0 fully saturated rings. The Morgan fingerprint density at radius 2 is 1.95 bits per heavy atom. The Morgan fingerprint density at radius 3 is 2.47 bits per heavy atom. The minimum absolute atomic E-state index is 0.0524. The average molecular weight is 259 g/mol. The van der Waals surface area contributed by atoms with Gasteiger partial charge in [0.05, 0.1) is 19.0 Å². The molecule has 0 spiro atoms. The fraction of sp³-hybridized carbons (Fsp3) is 0.467. The highest BCUT2D eigenvalue weighted by Crippen LogP contribution is 2.11. The molecule has 4 heteroatoms. The monoisotopic (exact) mass is 259 g/mol. The molecule has 0 aliphatic rings. The van der Waals surface area contributed by atoms with E-state index in [2.05, 4.69) is 6.07 Å². The Balaban J connectivity index is 2.64. The Bertz CT molecular complexity index is 436. The van der Waals surface area contributed by atoms with Gasteiger partial charge in [-0.25, -0.2) is 0 Å². The average Bonchev–Trinajstić information content (AvgIpc) is 2.39. The lowest BCUT2D eigenvalue weighted by molar-refractivity contribution is -0.131. The zero-order chi connectivity index (χ0) is 14.3. The largest absolute Gasteiger partial charge is 0.365 e. The molecule has 0 atom stereocenters. The van der Waals surface area contributed by atoms with Crippen LogP contribution in [0.5, 0.6) is 0 Å². The summed E-state index contributed by atoms with van der Waals surface area (Å²) in [7, 11) is 1.90. The van der Waals surface area contributed by atoms with Gasteiger partial charge in [0.2, 0.25) is 5.91 Å². The molecule has 1 aromatic carbocycles. The minimum Gasteiger partial charge on any atom is -0.365 e. The van der Waals surface area contributed by atoms with Crippen LogP contribution in [0.15, 0.2) is 30.3 Å². The summed E-state index contributed by atoms with van der Waals surface area (Å²) < 4.78 is 0. The van der Waals surface area contributed by atoms with E-state index < -0.39 is 0 Å². The van der Waals surface area contributed by atoms with Gasteiger partial charge in [-0.05, 0) is 26.0 Å². The van der Waals surface area contributed by atoms with Crippen LogP contribution in [-0.2, 0) is 4.79 Å². The molecular weight excluding hydrogens is 238 g/mol. The predicted molar refractivity (Wildman–Crippen MR) is 76.8 cm³/mol. The number of hydrogen-bond acceptors (Lipinski definition) is 3. The van der Waals surface area contributed by atoms with Crippen LogP contribution in [0, 0.1) is 11.3 Å². The first-order valence-electron chi connectivity index (χ1n) is 6.49. The number of benzene rings is 1. The van der Waals surface area contributed by atoms with Crippen LogP contribution < -0.4 is 4.90 Å². The Kier molecular flexibility index (Phi) is 5.87. The van der Waals surface area contributed by atoms with Crippen molar-refractivity contribution >= 4 is 11.6 Å². The van der Waals surface area contributed by atoms with Crippen molar-refractivity contribution in [3.05, 3.63) is 30.3 Å². The van der Waals surface area contributed by atoms with E-state index in [9.17, 15) is 4.79 Å². The van der Waals surface area contributed by atoms with Gasteiger partial charge in [-0.3, -0.25) is 4.79 Å². The number of nitrogens with zero attached hydrogens (tertiary/aromatic N) is 3. The quantitative estimate of drug-likeness (QED) is 0.787. The van der Waals surface area contributed by atoms with Crippen molar-refractivity contribution in [2.24, 2.45) is 0 Å². The molecule has 1 rings (SSSR count). The number of para-hydroxylation sites is 1. The predicted octanol–water partition coefficient (Wildman–Crippen LogP) is 2.27. The van der Waals surface area contributed by atoms with Gasteiger partial charge in [-0.1, -0.05) is 18.2 Å². The molecule has 0 aliphatic heterocycles. The molecule has 0 bridgehead atoms. The standard InChI is InChI=1S/C15H21N3O/c1-13(2)18(11-7-10-16)15(19)12-17(3)14-8-5-4-6-9-14/h4-6,8-9,13H,7,11-12H2,1-3H3. The van der Waals surface area contributed by atoms with Crippen LogP contribution in [0.4, 0.5) is 5.69 Å². The van der Waals surface area contributed by atoms with Crippen LogP contribution >= 0.6 is 0 Å². The molecule has 0 saturated carbocycles. The highest BCUT2D eigenvalue weighted by Gasteiger charge is 2.18. The summed E-state index contributed by atoms with van der Waals surface area (Å²) in [5.74, 6) is 0.0524. The fourth-order valence-corrected chi connectivity index (χ4v) is 1.91. The zero-order valence-corrected chi connectivity index (χ0v) is 11.8. The third-order valence-electron chi connectivity index (χ3n) is 2.98. The van der Waals surface area contributed by atoms with Crippen molar-refractivity contribution < 1.29 is 4.79 Å². The minimum atomic E-state index is 0.0524. The Labute approximate surface area is 115 Å². The van der Waals surface area contributed by atoms with Gasteiger partial charge in [0.15, 0.2) is 0 Å². The van der Waals surface area contributed by atoms with Gasteiger partial charge >= 0.3 is 0 Å². The molecule has 4 nitrogen and oxygen atoms in total. The van der Waals surface area contributed by atoms with Gasteiger partial charge in [0.1, 0.15) is 0 Å². The topological polar surface area (TPSA) is 47.3 Å². The van der Waals surface area contributed by atoms with E-state index in [-0.39, 0.29) is 11.9 Å². The molecule has 1 amide bonds. The zero-order valence-electron chi connectivity index (χ0n) is 11.8. The van der Waals surface area contributed by atoms with Crippen molar-refractivity contribution in [2.75, 3.05) is 25.0 Å². The van der Waals surface area contributed by atoms with Crippen molar-refractivity contribution in [1.29, 1.82) is 5.26 Å². The summed E-state index contributed by atoms with van der Waals surface area (Å²) in [6, 6.07) is 12.0. The fourth-order valence-electron chi connectivity index (χ4n) is 1.91. The van der Waals surface area contributed by atoms with Gasteiger partial charge in [-0.2, -0.15) is 5.26 Å². The van der Waals surface area contributed by atoms with Gasteiger partial charge in [0.25, 0.3) is 0 Å². The van der Waals surface area contributed by atoms with E-state index in [1.807, 2.05) is 56.1 Å². The molecule has 102 valence electrons. The summed E-state index contributed by atoms with van der Waals surface area (Å²) in [5.41, 5.74) is 1.01. The Hall–Kier alpha value is -2.02. The second-order valence-corrected chi connectivity index (χ2v) is 4.78. The van der Waals surface area contributed by atoms with Crippen LogP contribution in [0.2, 0.25) is 0 Å². The number of amides is 1. The Morgan fingerprint density at radius 1 is 1.32 bits per heavy atom. The summed E-state index contributed by atoms with van der Waals surface area (Å²) in [5, 5.41) is 8.64. The van der Waals surface area contributed by atoms with Gasteiger partial charge in [-0.15, -0.1) is 0 Å².